The Kier molecular flexibility index (Phi) is 4.37. The second-order valence-corrected chi connectivity index (χ2v) is 7.53. The van der Waals surface area contributed by atoms with Crippen LogP contribution in [0.25, 0.3) is 16.8 Å². The van der Waals surface area contributed by atoms with Gasteiger partial charge in [0.15, 0.2) is 11.5 Å². The van der Waals surface area contributed by atoms with Crippen molar-refractivity contribution in [3.05, 3.63) is 66.6 Å². The third-order valence-electron chi connectivity index (χ3n) is 5.38. The van der Waals surface area contributed by atoms with E-state index in [2.05, 4.69) is 33.3 Å². The van der Waals surface area contributed by atoms with Gasteiger partial charge in [0.25, 0.3) is 0 Å². The topological polar surface area (TPSA) is 64.1 Å². The molecule has 28 heavy (non-hydrogen) atoms. The Hall–Kier alpha value is -3.06. The summed E-state index contributed by atoms with van der Waals surface area (Å²) in [6.07, 6.45) is 12.0. The van der Waals surface area contributed by atoms with Crippen LogP contribution in [0.15, 0.2) is 55.2 Å². The summed E-state index contributed by atoms with van der Waals surface area (Å²) < 4.78 is 3.76. The van der Waals surface area contributed by atoms with Crippen molar-refractivity contribution in [3.63, 3.8) is 0 Å². The molecule has 0 radical (unpaired) electrons. The maximum atomic E-state index is 4.81. The van der Waals surface area contributed by atoms with E-state index in [4.69, 9.17) is 10.1 Å². The van der Waals surface area contributed by atoms with Gasteiger partial charge in [-0.3, -0.25) is 14.6 Å². The molecule has 1 fully saturated rings. The van der Waals surface area contributed by atoms with Crippen molar-refractivity contribution < 1.29 is 0 Å². The Labute approximate surface area is 163 Å². The fourth-order valence-electron chi connectivity index (χ4n) is 4.00. The molecule has 1 unspecified atom stereocenters. The number of hydrogen-bond acceptors (Lipinski definition) is 5. The summed E-state index contributed by atoms with van der Waals surface area (Å²) in [6.45, 7) is 3.04. The molecule has 4 aromatic heterocycles. The Morgan fingerprint density at radius 3 is 2.89 bits per heavy atom. The number of pyridine rings is 2. The van der Waals surface area contributed by atoms with Crippen LogP contribution in [-0.4, -0.2) is 47.4 Å². The van der Waals surface area contributed by atoms with Crippen LogP contribution in [0.4, 0.5) is 0 Å². The zero-order valence-corrected chi connectivity index (χ0v) is 15.9. The summed E-state index contributed by atoms with van der Waals surface area (Å²) in [7, 11) is 1.96. The zero-order chi connectivity index (χ0) is 18.9. The Bertz CT molecular complexity index is 1080. The maximum Gasteiger partial charge on any atom is 0.156 e. The van der Waals surface area contributed by atoms with Crippen molar-refractivity contribution in [1.82, 2.24) is 34.3 Å². The van der Waals surface area contributed by atoms with Crippen molar-refractivity contribution >= 4 is 5.65 Å². The van der Waals surface area contributed by atoms with Gasteiger partial charge in [0, 0.05) is 67.5 Å². The fourth-order valence-corrected chi connectivity index (χ4v) is 4.00. The molecule has 0 aromatic carbocycles. The van der Waals surface area contributed by atoms with Crippen LogP contribution >= 0.6 is 0 Å². The number of hydrogen-bond donors (Lipinski definition) is 0. The third kappa shape index (κ3) is 3.41. The zero-order valence-electron chi connectivity index (χ0n) is 15.9. The molecule has 5 heterocycles. The molecule has 1 atom stereocenters. The third-order valence-corrected chi connectivity index (χ3v) is 5.38. The lowest BCUT2D eigenvalue weighted by Gasteiger charge is -2.30. The Balaban J connectivity index is 1.36. The first-order chi connectivity index (χ1) is 13.7. The highest BCUT2D eigenvalue weighted by Gasteiger charge is 2.25. The number of piperidine rings is 1. The monoisotopic (exact) mass is 373 g/mol. The molecule has 0 saturated carbocycles. The molecular weight excluding hydrogens is 350 g/mol. The molecule has 0 spiro atoms. The first kappa shape index (κ1) is 17.1. The van der Waals surface area contributed by atoms with Gasteiger partial charge in [-0.2, -0.15) is 10.2 Å². The van der Waals surface area contributed by atoms with Gasteiger partial charge >= 0.3 is 0 Å². The first-order valence-corrected chi connectivity index (χ1v) is 9.71. The molecule has 1 aliphatic heterocycles. The molecule has 1 saturated heterocycles. The summed E-state index contributed by atoms with van der Waals surface area (Å²) in [4.78, 5) is 11.5. The summed E-state index contributed by atoms with van der Waals surface area (Å²) in [5, 5.41) is 9.09. The first-order valence-electron chi connectivity index (χ1n) is 9.71. The highest BCUT2D eigenvalue weighted by molar-refractivity contribution is 5.63. The average molecular weight is 373 g/mol. The SMILES string of the molecule is Cn1cc(CN2CCCC(c3nc4ccc(-c5cccnc5)cn4n3)C2)cn1. The van der Waals surface area contributed by atoms with E-state index < -0.39 is 0 Å². The van der Waals surface area contributed by atoms with Crippen LogP contribution in [0.5, 0.6) is 0 Å². The number of aryl methyl sites for hydroxylation is 1. The van der Waals surface area contributed by atoms with E-state index in [0.29, 0.717) is 5.92 Å². The second-order valence-electron chi connectivity index (χ2n) is 7.53. The highest BCUT2D eigenvalue weighted by atomic mass is 15.3. The van der Waals surface area contributed by atoms with Gasteiger partial charge < -0.3 is 0 Å². The van der Waals surface area contributed by atoms with Crippen LogP contribution in [0.3, 0.4) is 0 Å². The lowest BCUT2D eigenvalue weighted by atomic mass is 9.97. The summed E-state index contributed by atoms with van der Waals surface area (Å²) in [5.74, 6) is 1.31. The highest BCUT2D eigenvalue weighted by Crippen LogP contribution is 2.27. The largest absolute Gasteiger partial charge is 0.298 e. The second kappa shape index (κ2) is 7.16. The predicted molar refractivity (Wildman–Crippen MR) is 107 cm³/mol. The number of likely N-dealkylation sites (tertiary alicyclic amines) is 1. The molecule has 142 valence electrons. The lowest BCUT2D eigenvalue weighted by molar-refractivity contribution is 0.196. The summed E-state index contributed by atoms with van der Waals surface area (Å²) in [6, 6.07) is 8.13. The van der Waals surface area contributed by atoms with Gasteiger partial charge in [0.2, 0.25) is 0 Å². The van der Waals surface area contributed by atoms with Gasteiger partial charge in [-0.05, 0) is 37.6 Å². The lowest BCUT2D eigenvalue weighted by Crippen LogP contribution is -2.34. The molecule has 7 nitrogen and oxygen atoms in total. The van der Waals surface area contributed by atoms with E-state index >= 15 is 0 Å². The van der Waals surface area contributed by atoms with Gasteiger partial charge in [0.05, 0.1) is 6.20 Å². The van der Waals surface area contributed by atoms with E-state index in [1.165, 1.54) is 12.0 Å². The molecule has 4 aromatic rings. The number of fused-ring (bicyclic) bond motifs is 1. The molecule has 5 rings (SSSR count). The van der Waals surface area contributed by atoms with Crippen molar-refractivity contribution in [3.8, 4) is 11.1 Å². The summed E-state index contributed by atoms with van der Waals surface area (Å²) >= 11 is 0. The van der Waals surface area contributed by atoms with E-state index in [1.54, 1.807) is 6.20 Å². The van der Waals surface area contributed by atoms with Crippen molar-refractivity contribution in [2.24, 2.45) is 7.05 Å². The van der Waals surface area contributed by atoms with Crippen molar-refractivity contribution in [2.45, 2.75) is 25.3 Å². The minimum absolute atomic E-state index is 0.368. The fraction of sp³-hybridized carbons (Fsp3) is 0.333. The van der Waals surface area contributed by atoms with Crippen molar-refractivity contribution in [2.75, 3.05) is 13.1 Å². The van der Waals surface area contributed by atoms with Crippen LogP contribution in [0, 0.1) is 0 Å². The van der Waals surface area contributed by atoms with Crippen molar-refractivity contribution in [1.29, 1.82) is 0 Å². The molecule has 0 amide bonds. The van der Waals surface area contributed by atoms with Crippen LogP contribution in [0.1, 0.15) is 30.1 Å². The number of aromatic nitrogens is 6. The smallest absolute Gasteiger partial charge is 0.156 e. The maximum absolute atomic E-state index is 4.81. The van der Waals surface area contributed by atoms with Crippen LogP contribution < -0.4 is 0 Å². The number of rotatable bonds is 4. The molecule has 0 aliphatic carbocycles. The summed E-state index contributed by atoms with van der Waals surface area (Å²) in [5.41, 5.74) is 4.33. The quantitative estimate of drug-likeness (QED) is 0.550. The van der Waals surface area contributed by atoms with Crippen LogP contribution in [-0.2, 0) is 13.6 Å². The number of nitrogens with zero attached hydrogens (tertiary/aromatic N) is 7. The Morgan fingerprint density at radius 2 is 2.07 bits per heavy atom. The van der Waals surface area contributed by atoms with E-state index in [0.717, 1.165) is 48.7 Å². The molecule has 7 heteroatoms. The van der Waals surface area contributed by atoms with Gasteiger partial charge in [-0.15, -0.1) is 0 Å². The normalized spacial score (nSPS) is 18.0. The van der Waals surface area contributed by atoms with E-state index in [-0.39, 0.29) is 0 Å². The molecular formula is C21H23N7. The molecule has 0 N–H and O–H groups in total. The van der Waals surface area contributed by atoms with E-state index in [1.807, 2.05) is 47.0 Å². The Morgan fingerprint density at radius 1 is 1.11 bits per heavy atom. The predicted octanol–water partition coefficient (Wildman–Crippen LogP) is 2.90. The van der Waals surface area contributed by atoms with Gasteiger partial charge in [0.1, 0.15) is 0 Å². The molecule has 1 aliphatic rings. The minimum atomic E-state index is 0.368. The van der Waals surface area contributed by atoms with Crippen LogP contribution in [0.2, 0.25) is 0 Å². The van der Waals surface area contributed by atoms with E-state index in [9.17, 15) is 0 Å². The minimum Gasteiger partial charge on any atom is -0.298 e. The average Bonchev–Trinajstić information content (AvgIpc) is 3.34. The molecule has 0 bridgehead atoms. The standard InChI is InChI=1S/C21H23N7/c1-26-12-16(10-23-26)13-27-9-3-5-19(14-27)21-24-20-7-6-18(15-28(20)25-21)17-4-2-8-22-11-17/h2,4,6-8,10-12,15,19H,3,5,9,13-14H2,1H3. The van der Waals surface area contributed by atoms with Gasteiger partial charge in [-0.1, -0.05) is 6.07 Å². The van der Waals surface area contributed by atoms with Gasteiger partial charge in [-0.25, -0.2) is 9.50 Å².